The molecule has 1 aromatic heterocycles. The molecule has 0 radical (unpaired) electrons. The van der Waals surface area contributed by atoms with Crippen molar-refractivity contribution in [1.82, 2.24) is 9.88 Å². The Morgan fingerprint density at radius 3 is 2.64 bits per heavy atom. The maximum atomic E-state index is 13.5. The van der Waals surface area contributed by atoms with Gasteiger partial charge in [-0.1, -0.05) is 30.3 Å². The number of nitrogens with one attached hydrogen (secondary N) is 1. The van der Waals surface area contributed by atoms with E-state index in [4.69, 9.17) is 4.74 Å². The Balaban J connectivity index is 1.93. The summed E-state index contributed by atoms with van der Waals surface area (Å²) < 4.78 is 20.7. The number of methoxy groups -OCH3 is 1. The van der Waals surface area contributed by atoms with Gasteiger partial charge in [0, 0.05) is 56.2 Å². The van der Waals surface area contributed by atoms with E-state index >= 15 is 0 Å². The van der Waals surface area contributed by atoms with Gasteiger partial charge in [0.1, 0.15) is 5.82 Å². The van der Waals surface area contributed by atoms with Crippen molar-refractivity contribution in [3.05, 3.63) is 71.7 Å². The molecule has 1 unspecified atom stereocenters. The third-order valence-electron chi connectivity index (χ3n) is 5.04. The molecule has 0 aliphatic carbocycles. The highest BCUT2D eigenvalue weighted by molar-refractivity contribution is 5.86. The SMILES string of the molecule is CCn1cc(C(CC(=O)NCCCOC)c2ccc(F)cc2)c2ccccc21. The first-order valence-electron chi connectivity index (χ1n) is 9.73. The second-order valence-electron chi connectivity index (χ2n) is 6.89. The number of halogens is 1. The van der Waals surface area contributed by atoms with E-state index in [1.54, 1.807) is 19.2 Å². The van der Waals surface area contributed by atoms with Crippen molar-refractivity contribution in [2.24, 2.45) is 0 Å². The summed E-state index contributed by atoms with van der Waals surface area (Å²) in [6.45, 7) is 4.15. The third kappa shape index (κ3) is 4.60. The number of para-hydroxylation sites is 1. The molecule has 0 saturated carbocycles. The van der Waals surface area contributed by atoms with E-state index in [-0.39, 0.29) is 17.6 Å². The Morgan fingerprint density at radius 2 is 1.93 bits per heavy atom. The second-order valence-corrected chi connectivity index (χ2v) is 6.89. The average Bonchev–Trinajstić information content (AvgIpc) is 3.09. The number of rotatable bonds is 9. The number of hydrogen-bond acceptors (Lipinski definition) is 2. The van der Waals surface area contributed by atoms with Crippen LogP contribution >= 0.6 is 0 Å². The van der Waals surface area contributed by atoms with Crippen LogP contribution in [0.2, 0.25) is 0 Å². The molecule has 148 valence electrons. The van der Waals surface area contributed by atoms with Crippen LogP contribution < -0.4 is 5.32 Å². The maximum absolute atomic E-state index is 13.5. The van der Waals surface area contributed by atoms with E-state index in [1.807, 2.05) is 12.1 Å². The van der Waals surface area contributed by atoms with Crippen molar-refractivity contribution in [2.75, 3.05) is 20.3 Å². The predicted molar refractivity (Wildman–Crippen MR) is 110 cm³/mol. The summed E-state index contributed by atoms with van der Waals surface area (Å²) in [7, 11) is 1.65. The van der Waals surface area contributed by atoms with Crippen LogP contribution in [-0.4, -0.2) is 30.7 Å². The third-order valence-corrected chi connectivity index (χ3v) is 5.04. The Bertz CT molecular complexity index is 918. The van der Waals surface area contributed by atoms with Crippen LogP contribution in [0.25, 0.3) is 10.9 Å². The number of aromatic nitrogens is 1. The predicted octanol–water partition coefficient (Wildman–Crippen LogP) is 4.48. The van der Waals surface area contributed by atoms with E-state index in [9.17, 15) is 9.18 Å². The van der Waals surface area contributed by atoms with Crippen molar-refractivity contribution in [1.29, 1.82) is 0 Å². The van der Waals surface area contributed by atoms with E-state index in [1.165, 1.54) is 12.1 Å². The fraction of sp³-hybridized carbons (Fsp3) is 0.348. The Hall–Kier alpha value is -2.66. The average molecular weight is 382 g/mol. The number of fused-ring (bicyclic) bond motifs is 1. The monoisotopic (exact) mass is 382 g/mol. The standard InChI is InChI=1S/C23H27FN2O2/c1-3-26-16-21(19-7-4-5-8-22(19)26)20(17-9-11-18(24)12-10-17)15-23(27)25-13-6-14-28-2/h4-5,7-12,16,20H,3,6,13-15H2,1-2H3,(H,25,27). The van der Waals surface area contributed by atoms with Gasteiger partial charge in [-0.3, -0.25) is 4.79 Å². The number of hydrogen-bond donors (Lipinski definition) is 1. The fourth-order valence-corrected chi connectivity index (χ4v) is 3.62. The van der Waals surface area contributed by atoms with Crippen molar-refractivity contribution in [3.8, 4) is 0 Å². The minimum Gasteiger partial charge on any atom is -0.385 e. The number of carbonyl (C=O) groups excluding carboxylic acids is 1. The number of benzene rings is 2. The first-order valence-corrected chi connectivity index (χ1v) is 9.73. The fourth-order valence-electron chi connectivity index (χ4n) is 3.62. The van der Waals surface area contributed by atoms with Crippen LogP contribution in [0.3, 0.4) is 0 Å². The van der Waals surface area contributed by atoms with Crippen LogP contribution in [0, 0.1) is 5.82 Å². The van der Waals surface area contributed by atoms with Crippen LogP contribution in [-0.2, 0) is 16.1 Å². The summed E-state index contributed by atoms with van der Waals surface area (Å²) in [4.78, 5) is 12.6. The van der Waals surface area contributed by atoms with Gasteiger partial charge in [-0.25, -0.2) is 4.39 Å². The van der Waals surface area contributed by atoms with Gasteiger partial charge < -0.3 is 14.6 Å². The molecule has 4 nitrogen and oxygen atoms in total. The van der Waals surface area contributed by atoms with Crippen molar-refractivity contribution in [3.63, 3.8) is 0 Å². The molecule has 0 saturated heterocycles. The highest BCUT2D eigenvalue weighted by Gasteiger charge is 2.22. The highest BCUT2D eigenvalue weighted by Crippen LogP contribution is 2.34. The molecular formula is C23H27FN2O2. The lowest BCUT2D eigenvalue weighted by atomic mass is 9.88. The molecule has 1 N–H and O–H groups in total. The lowest BCUT2D eigenvalue weighted by Crippen LogP contribution is -2.27. The molecule has 0 fully saturated rings. The molecule has 0 aliphatic rings. The highest BCUT2D eigenvalue weighted by atomic mass is 19.1. The van der Waals surface area contributed by atoms with Gasteiger partial charge in [0.25, 0.3) is 0 Å². The van der Waals surface area contributed by atoms with Gasteiger partial charge in [-0.05, 0) is 42.7 Å². The summed E-state index contributed by atoms with van der Waals surface area (Å²) in [6, 6.07) is 14.7. The molecule has 2 aromatic carbocycles. The van der Waals surface area contributed by atoms with Crippen molar-refractivity contribution in [2.45, 2.75) is 32.2 Å². The molecule has 3 rings (SSSR count). The van der Waals surface area contributed by atoms with E-state index in [2.05, 4.69) is 35.1 Å². The minimum atomic E-state index is -0.275. The van der Waals surface area contributed by atoms with Gasteiger partial charge in [0.2, 0.25) is 5.91 Å². The van der Waals surface area contributed by atoms with Crippen LogP contribution in [0.5, 0.6) is 0 Å². The molecule has 5 heteroatoms. The quantitative estimate of drug-likeness (QED) is 0.555. The summed E-state index contributed by atoms with van der Waals surface area (Å²) in [5.74, 6) is -0.429. The molecule has 0 spiro atoms. The summed E-state index contributed by atoms with van der Waals surface area (Å²) >= 11 is 0. The van der Waals surface area contributed by atoms with E-state index in [0.717, 1.165) is 35.0 Å². The first-order chi connectivity index (χ1) is 13.6. The minimum absolute atomic E-state index is 0.0150. The Labute approximate surface area is 165 Å². The number of nitrogens with zero attached hydrogens (tertiary/aromatic N) is 1. The van der Waals surface area contributed by atoms with Gasteiger partial charge >= 0.3 is 0 Å². The number of aryl methyl sites for hydroxylation is 1. The van der Waals surface area contributed by atoms with Crippen LogP contribution in [0.4, 0.5) is 4.39 Å². The summed E-state index contributed by atoms with van der Waals surface area (Å²) in [6.07, 6.45) is 3.21. The maximum Gasteiger partial charge on any atom is 0.220 e. The lowest BCUT2D eigenvalue weighted by molar-refractivity contribution is -0.121. The van der Waals surface area contributed by atoms with Crippen molar-refractivity contribution < 1.29 is 13.9 Å². The van der Waals surface area contributed by atoms with Gasteiger partial charge in [0.05, 0.1) is 0 Å². The lowest BCUT2D eigenvalue weighted by Gasteiger charge is -2.17. The number of ether oxygens (including phenoxy) is 1. The molecule has 0 bridgehead atoms. The Kier molecular flexibility index (Phi) is 6.82. The summed E-state index contributed by atoms with van der Waals surface area (Å²) in [5, 5.41) is 4.10. The molecule has 1 amide bonds. The normalized spacial score (nSPS) is 12.2. The van der Waals surface area contributed by atoms with Crippen molar-refractivity contribution >= 4 is 16.8 Å². The molecular weight excluding hydrogens is 355 g/mol. The van der Waals surface area contributed by atoms with Gasteiger partial charge in [-0.2, -0.15) is 0 Å². The smallest absolute Gasteiger partial charge is 0.220 e. The van der Waals surface area contributed by atoms with Crippen LogP contribution in [0.15, 0.2) is 54.7 Å². The first kappa shape index (κ1) is 20.1. The molecule has 28 heavy (non-hydrogen) atoms. The van der Waals surface area contributed by atoms with Gasteiger partial charge in [-0.15, -0.1) is 0 Å². The Morgan fingerprint density at radius 1 is 1.18 bits per heavy atom. The topological polar surface area (TPSA) is 43.3 Å². The van der Waals surface area contributed by atoms with Gasteiger partial charge in [0.15, 0.2) is 0 Å². The molecule has 0 aliphatic heterocycles. The zero-order valence-corrected chi connectivity index (χ0v) is 16.5. The van der Waals surface area contributed by atoms with Crippen LogP contribution in [0.1, 0.15) is 36.8 Å². The zero-order valence-electron chi connectivity index (χ0n) is 16.5. The van der Waals surface area contributed by atoms with E-state index in [0.29, 0.717) is 19.6 Å². The summed E-state index contributed by atoms with van der Waals surface area (Å²) in [5.41, 5.74) is 3.18. The largest absolute Gasteiger partial charge is 0.385 e. The number of amides is 1. The number of carbonyl (C=O) groups is 1. The van der Waals surface area contributed by atoms with E-state index < -0.39 is 0 Å². The molecule has 1 heterocycles. The molecule has 1 atom stereocenters. The second kappa shape index (κ2) is 9.51. The zero-order chi connectivity index (χ0) is 19.9. The molecule has 3 aromatic rings.